The average molecular weight is 303 g/mol. The molecule has 1 saturated heterocycles. The Labute approximate surface area is 133 Å². The molecule has 4 nitrogen and oxygen atoms in total. The summed E-state index contributed by atoms with van der Waals surface area (Å²) in [5, 5.41) is 9.19. The van der Waals surface area contributed by atoms with Crippen molar-refractivity contribution < 1.29 is 14.4 Å². The van der Waals surface area contributed by atoms with Crippen LogP contribution in [0.5, 0.6) is 0 Å². The summed E-state index contributed by atoms with van der Waals surface area (Å²) in [5.41, 5.74) is 9.14. The number of rotatable bonds is 4. The van der Waals surface area contributed by atoms with Crippen LogP contribution >= 0.6 is 0 Å². The summed E-state index contributed by atoms with van der Waals surface area (Å²) in [6, 6.07) is 5.88. The molecule has 2 rings (SSSR count). The van der Waals surface area contributed by atoms with Crippen LogP contribution in [0, 0.1) is 6.92 Å². The van der Waals surface area contributed by atoms with Crippen LogP contribution in [0.25, 0.3) is 6.08 Å². The number of hydrogen-bond donors (Lipinski definition) is 2. The fourth-order valence-electron chi connectivity index (χ4n) is 2.42. The molecule has 0 atom stereocenters. The molecule has 1 aliphatic heterocycles. The van der Waals surface area contributed by atoms with Crippen molar-refractivity contribution in [1.29, 1.82) is 0 Å². The fourth-order valence-corrected chi connectivity index (χ4v) is 2.42. The Morgan fingerprint density at radius 1 is 1.23 bits per heavy atom. The van der Waals surface area contributed by atoms with E-state index in [-0.39, 0.29) is 17.8 Å². The van der Waals surface area contributed by atoms with Crippen LogP contribution in [-0.2, 0) is 15.9 Å². The zero-order valence-corrected chi connectivity index (χ0v) is 14.1. The van der Waals surface area contributed by atoms with Gasteiger partial charge in [0.2, 0.25) is 0 Å². The first kappa shape index (κ1) is 17.2. The van der Waals surface area contributed by atoms with Crippen molar-refractivity contribution in [2.24, 2.45) is 5.73 Å². The minimum atomic E-state index is -0.424. The van der Waals surface area contributed by atoms with E-state index in [2.05, 4.69) is 0 Å². The van der Waals surface area contributed by atoms with Gasteiger partial charge in [-0.2, -0.15) is 0 Å². The highest BCUT2D eigenvalue weighted by Gasteiger charge is 2.52. The number of nitrogens with two attached hydrogens (primary N) is 1. The lowest BCUT2D eigenvalue weighted by atomic mass is 9.77. The van der Waals surface area contributed by atoms with E-state index >= 15 is 0 Å². The van der Waals surface area contributed by atoms with E-state index in [0.717, 1.165) is 22.2 Å². The summed E-state index contributed by atoms with van der Waals surface area (Å²) in [4.78, 5) is 0. The fraction of sp³-hybridized carbons (Fsp3) is 0.529. The Bertz CT molecular complexity index is 565. The molecule has 0 saturated carbocycles. The maximum Gasteiger partial charge on any atom is 0.491 e. The number of benzene rings is 1. The summed E-state index contributed by atoms with van der Waals surface area (Å²) >= 11 is 0. The highest BCUT2D eigenvalue weighted by Crippen LogP contribution is 2.38. The molecule has 22 heavy (non-hydrogen) atoms. The molecular formula is C17H26BNO3. The van der Waals surface area contributed by atoms with E-state index in [0.29, 0.717) is 6.54 Å². The molecule has 0 amide bonds. The van der Waals surface area contributed by atoms with Gasteiger partial charge in [-0.25, -0.2) is 0 Å². The maximum absolute atomic E-state index is 9.19. The largest absolute Gasteiger partial charge is 0.491 e. The van der Waals surface area contributed by atoms with Crippen molar-refractivity contribution >= 4 is 13.2 Å². The van der Waals surface area contributed by atoms with Crippen LogP contribution in [0.3, 0.4) is 0 Å². The van der Waals surface area contributed by atoms with Crippen molar-refractivity contribution in [3.63, 3.8) is 0 Å². The van der Waals surface area contributed by atoms with Crippen molar-refractivity contribution in [3.05, 3.63) is 40.4 Å². The molecule has 0 radical (unpaired) electrons. The number of aliphatic hydroxyl groups is 1. The quantitative estimate of drug-likeness (QED) is 0.839. The highest BCUT2D eigenvalue weighted by molar-refractivity contribution is 6.55. The second-order valence-corrected chi connectivity index (χ2v) is 6.86. The lowest BCUT2D eigenvalue weighted by Crippen LogP contribution is -2.41. The van der Waals surface area contributed by atoms with Crippen LogP contribution < -0.4 is 5.73 Å². The van der Waals surface area contributed by atoms with E-state index in [4.69, 9.17) is 15.0 Å². The topological polar surface area (TPSA) is 64.7 Å². The van der Waals surface area contributed by atoms with Gasteiger partial charge in [0.25, 0.3) is 0 Å². The third kappa shape index (κ3) is 3.28. The molecule has 0 aliphatic carbocycles. The van der Waals surface area contributed by atoms with E-state index in [1.807, 2.05) is 58.9 Å². The van der Waals surface area contributed by atoms with E-state index in [9.17, 15) is 5.11 Å². The minimum Gasteiger partial charge on any atom is -0.400 e. The standard InChI is InChI=1S/C17H26BNO3/c1-12-8-13(11-20)6-7-14(12)9-15(10-19)18-21-16(2,3)17(4,5)22-18/h6-9,20H,10-11,19H2,1-5H3. The Morgan fingerprint density at radius 2 is 1.82 bits per heavy atom. The van der Waals surface area contributed by atoms with E-state index < -0.39 is 7.12 Å². The molecule has 3 N–H and O–H groups in total. The second-order valence-electron chi connectivity index (χ2n) is 6.86. The summed E-state index contributed by atoms with van der Waals surface area (Å²) in [5.74, 6) is 0. The number of aliphatic hydroxyl groups excluding tert-OH is 1. The Balaban J connectivity index is 2.29. The van der Waals surface area contributed by atoms with Gasteiger partial charge in [0, 0.05) is 6.54 Å². The highest BCUT2D eigenvalue weighted by atomic mass is 16.7. The smallest absolute Gasteiger partial charge is 0.400 e. The average Bonchev–Trinajstić information content (AvgIpc) is 2.65. The lowest BCUT2D eigenvalue weighted by Gasteiger charge is -2.32. The van der Waals surface area contributed by atoms with Gasteiger partial charge >= 0.3 is 7.12 Å². The van der Waals surface area contributed by atoms with Gasteiger partial charge in [-0.05, 0) is 56.8 Å². The molecule has 1 heterocycles. The SMILES string of the molecule is Cc1cc(CO)ccc1C=C(CN)B1OC(C)(C)C(C)(C)O1. The Hall–Kier alpha value is -1.14. The minimum absolute atomic E-state index is 0.0474. The third-order valence-electron chi connectivity index (χ3n) is 4.65. The summed E-state index contributed by atoms with van der Waals surface area (Å²) in [7, 11) is -0.424. The third-order valence-corrected chi connectivity index (χ3v) is 4.65. The van der Waals surface area contributed by atoms with Crippen molar-refractivity contribution in [1.82, 2.24) is 0 Å². The zero-order chi connectivity index (χ0) is 16.5. The molecule has 0 spiro atoms. The van der Waals surface area contributed by atoms with Crippen molar-refractivity contribution in [3.8, 4) is 0 Å². The molecule has 120 valence electrons. The first-order valence-electron chi connectivity index (χ1n) is 7.67. The monoisotopic (exact) mass is 303 g/mol. The van der Waals surface area contributed by atoms with E-state index in [1.54, 1.807) is 0 Å². The maximum atomic E-state index is 9.19. The van der Waals surface area contributed by atoms with Gasteiger partial charge in [-0.1, -0.05) is 24.3 Å². The van der Waals surface area contributed by atoms with Gasteiger partial charge in [0.15, 0.2) is 0 Å². The van der Waals surface area contributed by atoms with Gasteiger partial charge in [0.1, 0.15) is 0 Å². The van der Waals surface area contributed by atoms with Gasteiger partial charge in [-0.15, -0.1) is 0 Å². The Morgan fingerprint density at radius 3 is 2.27 bits per heavy atom. The molecule has 1 aliphatic rings. The number of hydrogen-bond acceptors (Lipinski definition) is 4. The van der Waals surface area contributed by atoms with Crippen LogP contribution in [0.1, 0.15) is 44.4 Å². The van der Waals surface area contributed by atoms with Gasteiger partial charge in [0.05, 0.1) is 17.8 Å². The van der Waals surface area contributed by atoms with Gasteiger partial charge in [-0.3, -0.25) is 0 Å². The van der Waals surface area contributed by atoms with Crippen LogP contribution in [0.2, 0.25) is 0 Å². The van der Waals surface area contributed by atoms with Crippen molar-refractivity contribution in [2.45, 2.75) is 52.4 Å². The molecule has 5 heteroatoms. The lowest BCUT2D eigenvalue weighted by molar-refractivity contribution is 0.00578. The molecule has 0 aromatic heterocycles. The van der Waals surface area contributed by atoms with Crippen LogP contribution in [0.15, 0.2) is 23.7 Å². The van der Waals surface area contributed by atoms with Gasteiger partial charge < -0.3 is 20.1 Å². The first-order chi connectivity index (χ1) is 10.2. The summed E-state index contributed by atoms with van der Waals surface area (Å²) in [6.07, 6.45) is 2.03. The summed E-state index contributed by atoms with van der Waals surface area (Å²) < 4.78 is 12.1. The number of aryl methyl sites for hydroxylation is 1. The molecule has 1 aromatic rings. The zero-order valence-electron chi connectivity index (χ0n) is 14.1. The molecule has 1 fully saturated rings. The molecule has 0 bridgehead atoms. The second kappa shape index (κ2) is 6.16. The molecule has 1 aromatic carbocycles. The Kier molecular flexibility index (Phi) is 4.83. The summed E-state index contributed by atoms with van der Waals surface area (Å²) in [6.45, 7) is 10.6. The predicted octanol–water partition coefficient (Wildman–Crippen LogP) is 2.46. The normalized spacial score (nSPS) is 20.5. The van der Waals surface area contributed by atoms with E-state index in [1.165, 1.54) is 0 Å². The van der Waals surface area contributed by atoms with Crippen molar-refractivity contribution in [2.75, 3.05) is 6.54 Å². The van der Waals surface area contributed by atoms with Crippen LogP contribution in [0.4, 0.5) is 0 Å². The first-order valence-corrected chi connectivity index (χ1v) is 7.67. The molecular weight excluding hydrogens is 277 g/mol. The predicted molar refractivity (Wildman–Crippen MR) is 90.2 cm³/mol. The van der Waals surface area contributed by atoms with Crippen LogP contribution in [-0.4, -0.2) is 30.0 Å². The molecule has 0 unspecified atom stereocenters.